The number of hydrogen-bond donors (Lipinski definition) is 1. The third-order valence-electron chi connectivity index (χ3n) is 5.40. The van der Waals surface area contributed by atoms with Crippen molar-refractivity contribution in [2.75, 3.05) is 13.2 Å². The Kier molecular flexibility index (Phi) is 6.58. The average Bonchev–Trinajstić information content (AvgIpc) is 3.04. The number of hydrogen-bond acceptors (Lipinski definition) is 6. The van der Waals surface area contributed by atoms with Gasteiger partial charge in [-0.25, -0.2) is 9.59 Å². The molecule has 0 spiro atoms. The zero-order chi connectivity index (χ0) is 22.7. The first-order valence-corrected chi connectivity index (χ1v) is 10.1. The fourth-order valence-electron chi connectivity index (χ4n) is 3.96. The summed E-state index contributed by atoms with van der Waals surface area (Å²) in [4.78, 5) is 54.4. The number of benzene rings is 1. The van der Waals surface area contributed by atoms with Gasteiger partial charge in [0.15, 0.2) is 6.61 Å². The van der Waals surface area contributed by atoms with E-state index in [4.69, 9.17) is 9.47 Å². The second-order valence-corrected chi connectivity index (χ2v) is 7.51. The second kappa shape index (κ2) is 9.16. The van der Waals surface area contributed by atoms with Gasteiger partial charge in [-0.2, -0.15) is 0 Å². The molecule has 0 radical (unpaired) electrons. The summed E-state index contributed by atoms with van der Waals surface area (Å²) in [5.41, 5.74) is 3.26. The topological polar surface area (TPSA) is 106 Å². The van der Waals surface area contributed by atoms with Crippen molar-refractivity contribution in [2.24, 2.45) is 0 Å². The molecule has 8 nitrogen and oxygen atoms in total. The first kappa shape index (κ1) is 22.3. The van der Waals surface area contributed by atoms with E-state index in [9.17, 15) is 19.2 Å². The first-order chi connectivity index (χ1) is 14.7. The van der Waals surface area contributed by atoms with Gasteiger partial charge in [0.2, 0.25) is 11.7 Å². The summed E-state index contributed by atoms with van der Waals surface area (Å²) in [6, 6.07) is 6.79. The van der Waals surface area contributed by atoms with E-state index in [1.165, 1.54) is 11.8 Å². The maximum Gasteiger partial charge on any atom is 0.340 e. The minimum Gasteiger partial charge on any atom is -0.462 e. The Hall–Kier alpha value is -3.42. The molecule has 2 heterocycles. The average molecular weight is 426 g/mol. The predicted molar refractivity (Wildman–Crippen MR) is 112 cm³/mol. The standard InChI is InChI=1S/C23H26N2O6/c1-5-30-23(29)21-14(3)24-13(2)20(21)19(27)12-31-22(28)18-10-16-8-6-7-9-17(16)11-25(18)15(4)26/h6-9,18,24H,5,10-12H2,1-4H3/t18-/m1/s1. The van der Waals surface area contributed by atoms with Gasteiger partial charge >= 0.3 is 11.9 Å². The highest BCUT2D eigenvalue weighted by Gasteiger charge is 2.35. The number of aromatic nitrogens is 1. The Morgan fingerprint density at radius 3 is 2.32 bits per heavy atom. The van der Waals surface area contributed by atoms with Crippen molar-refractivity contribution in [3.63, 3.8) is 0 Å². The third-order valence-corrected chi connectivity index (χ3v) is 5.40. The van der Waals surface area contributed by atoms with Crippen LogP contribution in [0.15, 0.2) is 24.3 Å². The number of aryl methyl sites for hydroxylation is 2. The van der Waals surface area contributed by atoms with Crippen molar-refractivity contribution in [3.8, 4) is 0 Å². The highest BCUT2D eigenvalue weighted by Crippen LogP contribution is 2.25. The molecule has 164 valence electrons. The summed E-state index contributed by atoms with van der Waals surface area (Å²) in [6.07, 6.45) is 0.319. The number of H-pyrrole nitrogens is 1. The number of carbonyl (C=O) groups excluding carboxylic acids is 4. The predicted octanol–water partition coefficient (Wildman–Crippen LogP) is 2.51. The Morgan fingerprint density at radius 2 is 1.68 bits per heavy atom. The summed E-state index contributed by atoms with van der Waals surface area (Å²) >= 11 is 0. The first-order valence-electron chi connectivity index (χ1n) is 10.1. The molecule has 8 heteroatoms. The Morgan fingerprint density at radius 1 is 1.03 bits per heavy atom. The molecule has 1 N–H and O–H groups in total. The van der Waals surface area contributed by atoms with Crippen LogP contribution in [0.4, 0.5) is 0 Å². The molecule has 3 rings (SSSR count). The molecule has 0 aliphatic carbocycles. The van der Waals surface area contributed by atoms with Crippen molar-refractivity contribution < 1.29 is 28.7 Å². The number of carbonyl (C=O) groups is 4. The lowest BCUT2D eigenvalue weighted by molar-refractivity contribution is -0.154. The molecular weight excluding hydrogens is 400 g/mol. The summed E-state index contributed by atoms with van der Waals surface area (Å²) in [6.45, 7) is 6.37. The second-order valence-electron chi connectivity index (χ2n) is 7.51. The highest BCUT2D eigenvalue weighted by atomic mass is 16.5. The van der Waals surface area contributed by atoms with E-state index in [1.54, 1.807) is 20.8 Å². The van der Waals surface area contributed by atoms with Gasteiger partial charge < -0.3 is 19.4 Å². The number of ketones is 1. The molecule has 1 aliphatic rings. The lowest BCUT2D eigenvalue weighted by Crippen LogP contribution is -2.48. The van der Waals surface area contributed by atoms with Crippen LogP contribution in [0, 0.1) is 13.8 Å². The fourth-order valence-corrected chi connectivity index (χ4v) is 3.96. The van der Waals surface area contributed by atoms with Crippen LogP contribution in [0.3, 0.4) is 0 Å². The number of rotatable bonds is 6. The molecule has 0 saturated carbocycles. The smallest absolute Gasteiger partial charge is 0.340 e. The number of aromatic amines is 1. The van der Waals surface area contributed by atoms with E-state index >= 15 is 0 Å². The van der Waals surface area contributed by atoms with Crippen LogP contribution in [0.2, 0.25) is 0 Å². The normalized spacial score (nSPS) is 15.2. The van der Waals surface area contributed by atoms with Crippen LogP contribution in [-0.2, 0) is 32.0 Å². The van der Waals surface area contributed by atoms with E-state index in [2.05, 4.69) is 4.98 Å². The van der Waals surface area contributed by atoms with Crippen LogP contribution < -0.4 is 0 Å². The molecule has 1 aromatic carbocycles. The van der Waals surface area contributed by atoms with Gasteiger partial charge in [0.05, 0.1) is 17.7 Å². The van der Waals surface area contributed by atoms with E-state index in [0.29, 0.717) is 24.4 Å². The number of amides is 1. The number of nitrogens with zero attached hydrogens (tertiary/aromatic N) is 1. The van der Waals surface area contributed by atoms with Crippen LogP contribution in [0.5, 0.6) is 0 Å². The monoisotopic (exact) mass is 426 g/mol. The largest absolute Gasteiger partial charge is 0.462 e. The third kappa shape index (κ3) is 4.52. The number of nitrogens with one attached hydrogen (secondary N) is 1. The van der Waals surface area contributed by atoms with Crippen molar-refractivity contribution >= 4 is 23.6 Å². The minimum atomic E-state index is -0.807. The molecule has 0 bridgehead atoms. The van der Waals surface area contributed by atoms with Gasteiger partial charge in [-0.15, -0.1) is 0 Å². The number of Topliss-reactive ketones (excluding diaryl/α,β-unsaturated/α-hetero) is 1. The minimum absolute atomic E-state index is 0.150. The summed E-state index contributed by atoms with van der Waals surface area (Å²) in [5.74, 6) is -2.01. The lowest BCUT2D eigenvalue weighted by Gasteiger charge is -2.34. The number of ether oxygens (including phenoxy) is 2. The van der Waals surface area contributed by atoms with Crippen molar-refractivity contribution in [1.82, 2.24) is 9.88 Å². The quantitative estimate of drug-likeness (QED) is 0.562. The Balaban J connectivity index is 1.76. The zero-order valence-corrected chi connectivity index (χ0v) is 18.1. The highest BCUT2D eigenvalue weighted by molar-refractivity contribution is 6.09. The molecule has 0 saturated heterocycles. The van der Waals surface area contributed by atoms with Crippen LogP contribution in [0.25, 0.3) is 0 Å². The van der Waals surface area contributed by atoms with Crippen LogP contribution in [0.1, 0.15) is 57.1 Å². The van der Waals surface area contributed by atoms with E-state index in [0.717, 1.165) is 11.1 Å². The van der Waals surface area contributed by atoms with Crippen molar-refractivity contribution in [3.05, 3.63) is 57.9 Å². The Labute approximate surface area is 180 Å². The van der Waals surface area contributed by atoms with Gasteiger partial charge in [-0.05, 0) is 31.9 Å². The fraction of sp³-hybridized carbons (Fsp3) is 0.391. The Bertz CT molecular complexity index is 1040. The van der Waals surface area contributed by atoms with Gasteiger partial charge in [0, 0.05) is 31.3 Å². The summed E-state index contributed by atoms with van der Waals surface area (Å²) in [7, 11) is 0. The van der Waals surface area contributed by atoms with E-state index in [-0.39, 0.29) is 23.6 Å². The van der Waals surface area contributed by atoms with Gasteiger partial charge in [-0.3, -0.25) is 9.59 Å². The van der Waals surface area contributed by atoms with Gasteiger partial charge in [0.25, 0.3) is 0 Å². The molecule has 1 aliphatic heterocycles. The molecule has 1 amide bonds. The maximum atomic E-state index is 12.8. The van der Waals surface area contributed by atoms with Gasteiger partial charge in [0.1, 0.15) is 6.04 Å². The molecule has 1 atom stereocenters. The number of esters is 2. The molecule has 2 aromatic rings. The van der Waals surface area contributed by atoms with Crippen LogP contribution in [-0.4, -0.2) is 52.8 Å². The lowest BCUT2D eigenvalue weighted by atomic mass is 9.94. The van der Waals surface area contributed by atoms with Gasteiger partial charge in [-0.1, -0.05) is 24.3 Å². The molecule has 1 aromatic heterocycles. The number of fused-ring (bicyclic) bond motifs is 1. The SMILES string of the molecule is CCOC(=O)c1c(C)[nH]c(C)c1C(=O)COC(=O)[C@H]1Cc2ccccc2CN1C(C)=O. The molecule has 0 unspecified atom stereocenters. The molecule has 0 fully saturated rings. The van der Waals surface area contributed by atoms with Crippen molar-refractivity contribution in [2.45, 2.75) is 46.7 Å². The molecule has 31 heavy (non-hydrogen) atoms. The summed E-state index contributed by atoms with van der Waals surface area (Å²) < 4.78 is 10.3. The van der Waals surface area contributed by atoms with E-state index in [1.807, 2.05) is 24.3 Å². The molecular formula is C23H26N2O6. The zero-order valence-electron chi connectivity index (χ0n) is 18.1. The summed E-state index contributed by atoms with van der Waals surface area (Å²) in [5, 5.41) is 0. The van der Waals surface area contributed by atoms with Crippen LogP contribution >= 0.6 is 0 Å². The van der Waals surface area contributed by atoms with E-state index < -0.39 is 30.4 Å². The van der Waals surface area contributed by atoms with Crippen molar-refractivity contribution in [1.29, 1.82) is 0 Å². The maximum absolute atomic E-state index is 12.8.